The Hall–Kier alpha value is -2.79. The fourth-order valence-corrected chi connectivity index (χ4v) is 2.64. The van der Waals surface area contributed by atoms with Gasteiger partial charge in [0.2, 0.25) is 0 Å². The molecular formula is C18H14N2O2S. The Kier molecular flexibility index (Phi) is 4.04. The van der Waals surface area contributed by atoms with Crippen molar-refractivity contribution in [2.45, 2.75) is 6.92 Å². The predicted molar refractivity (Wildman–Crippen MR) is 92.5 cm³/mol. The summed E-state index contributed by atoms with van der Waals surface area (Å²) in [4.78, 5) is 26.2. The number of nitrogens with one attached hydrogen (secondary N) is 1. The zero-order chi connectivity index (χ0) is 16.4. The van der Waals surface area contributed by atoms with Gasteiger partial charge in [-0.2, -0.15) is 0 Å². The van der Waals surface area contributed by atoms with Crippen molar-refractivity contribution in [2.75, 3.05) is 0 Å². The van der Waals surface area contributed by atoms with E-state index in [1.54, 1.807) is 18.2 Å². The molecule has 5 heteroatoms. The Labute approximate surface area is 139 Å². The van der Waals surface area contributed by atoms with Gasteiger partial charge in [0, 0.05) is 5.56 Å². The molecule has 2 aromatic carbocycles. The highest BCUT2D eigenvalue weighted by atomic mass is 32.1. The minimum atomic E-state index is -0.438. The third kappa shape index (κ3) is 2.91. The number of hydrogen-bond acceptors (Lipinski definition) is 3. The largest absolute Gasteiger partial charge is 0.327 e. The van der Waals surface area contributed by atoms with Crippen molar-refractivity contribution in [2.24, 2.45) is 0 Å². The Morgan fingerprint density at radius 1 is 1.09 bits per heavy atom. The molecule has 1 aliphatic heterocycles. The molecule has 0 atom stereocenters. The number of hydrogen-bond donors (Lipinski definition) is 1. The maximum absolute atomic E-state index is 12.6. The Morgan fingerprint density at radius 2 is 1.74 bits per heavy atom. The first-order valence-corrected chi connectivity index (χ1v) is 7.51. The van der Waals surface area contributed by atoms with Crippen LogP contribution < -0.4 is 5.32 Å². The van der Waals surface area contributed by atoms with E-state index in [-0.39, 0.29) is 5.11 Å². The summed E-state index contributed by atoms with van der Waals surface area (Å²) >= 11 is 5.16. The average Bonchev–Trinajstić information content (AvgIpc) is 2.82. The van der Waals surface area contributed by atoms with E-state index in [0.29, 0.717) is 11.3 Å². The molecule has 1 heterocycles. The lowest BCUT2D eigenvalue weighted by Crippen LogP contribution is -2.37. The number of aryl methyl sites for hydroxylation is 1. The molecule has 0 saturated carbocycles. The summed E-state index contributed by atoms with van der Waals surface area (Å²) in [5.41, 5.74) is 2.42. The first kappa shape index (κ1) is 15.1. The third-order valence-corrected chi connectivity index (χ3v) is 3.85. The van der Waals surface area contributed by atoms with Gasteiger partial charge in [0.25, 0.3) is 11.8 Å². The number of amides is 2. The van der Waals surface area contributed by atoms with Crippen molar-refractivity contribution in [3.63, 3.8) is 0 Å². The maximum atomic E-state index is 12.6. The number of imide groups is 1. The molecule has 114 valence electrons. The molecule has 2 amide bonds. The van der Waals surface area contributed by atoms with Gasteiger partial charge in [0.05, 0.1) is 0 Å². The first-order chi connectivity index (χ1) is 11.1. The highest BCUT2D eigenvalue weighted by molar-refractivity contribution is 7.80. The van der Waals surface area contributed by atoms with Crippen molar-refractivity contribution in [1.82, 2.24) is 10.2 Å². The van der Waals surface area contributed by atoms with Crippen LogP contribution in [0.2, 0.25) is 0 Å². The van der Waals surface area contributed by atoms with Gasteiger partial charge >= 0.3 is 0 Å². The molecule has 0 aromatic heterocycles. The van der Waals surface area contributed by atoms with Crippen LogP contribution in [0.4, 0.5) is 0 Å². The van der Waals surface area contributed by atoms with Gasteiger partial charge in [-0.1, -0.05) is 48.5 Å². The summed E-state index contributed by atoms with van der Waals surface area (Å²) < 4.78 is 0. The zero-order valence-electron chi connectivity index (χ0n) is 12.4. The van der Waals surface area contributed by atoms with Crippen LogP contribution in [0.15, 0.2) is 60.3 Å². The van der Waals surface area contributed by atoms with Crippen LogP contribution in [0.1, 0.15) is 21.5 Å². The number of rotatable bonds is 2. The predicted octanol–water partition coefficient (Wildman–Crippen LogP) is 2.89. The van der Waals surface area contributed by atoms with E-state index >= 15 is 0 Å². The average molecular weight is 322 g/mol. The second-order valence-electron chi connectivity index (χ2n) is 5.16. The van der Waals surface area contributed by atoms with Gasteiger partial charge in [-0.3, -0.25) is 9.59 Å². The lowest BCUT2D eigenvalue weighted by atomic mass is 10.1. The van der Waals surface area contributed by atoms with Crippen LogP contribution in [0.3, 0.4) is 0 Å². The van der Waals surface area contributed by atoms with E-state index in [1.165, 1.54) is 0 Å². The van der Waals surface area contributed by atoms with Crippen LogP contribution in [0.5, 0.6) is 0 Å². The molecule has 0 spiro atoms. The van der Waals surface area contributed by atoms with Gasteiger partial charge in [-0.25, -0.2) is 4.90 Å². The van der Waals surface area contributed by atoms with E-state index in [1.807, 2.05) is 49.4 Å². The van der Waals surface area contributed by atoms with E-state index in [2.05, 4.69) is 5.32 Å². The standard InChI is InChI=1S/C18H14N2O2S/c1-12-7-5-6-10-14(12)16(21)20-17(22)15(19-18(20)23)11-13-8-3-2-4-9-13/h2-11H,1H3,(H,19,23)/b15-11-. The van der Waals surface area contributed by atoms with Crippen LogP contribution in [-0.2, 0) is 4.79 Å². The minimum absolute atomic E-state index is 0.102. The topological polar surface area (TPSA) is 49.4 Å². The molecule has 1 fully saturated rings. The van der Waals surface area contributed by atoms with E-state index in [4.69, 9.17) is 12.2 Å². The van der Waals surface area contributed by atoms with Crippen molar-refractivity contribution in [3.8, 4) is 0 Å². The van der Waals surface area contributed by atoms with Crippen molar-refractivity contribution in [1.29, 1.82) is 0 Å². The van der Waals surface area contributed by atoms with E-state index in [9.17, 15) is 9.59 Å². The summed E-state index contributed by atoms with van der Waals surface area (Å²) in [5.74, 6) is -0.853. The van der Waals surface area contributed by atoms with Crippen LogP contribution in [-0.4, -0.2) is 21.8 Å². The summed E-state index contributed by atoms with van der Waals surface area (Å²) in [6, 6.07) is 16.5. The van der Waals surface area contributed by atoms with Gasteiger partial charge in [-0.15, -0.1) is 0 Å². The molecule has 0 bridgehead atoms. The van der Waals surface area contributed by atoms with E-state index < -0.39 is 11.8 Å². The summed E-state index contributed by atoms with van der Waals surface area (Å²) in [7, 11) is 0. The second-order valence-corrected chi connectivity index (χ2v) is 5.55. The Balaban J connectivity index is 1.92. The number of nitrogens with zero attached hydrogens (tertiary/aromatic N) is 1. The molecule has 3 rings (SSSR count). The molecular weight excluding hydrogens is 308 g/mol. The summed E-state index contributed by atoms with van der Waals surface area (Å²) in [6.45, 7) is 1.82. The van der Waals surface area contributed by atoms with Crippen molar-refractivity contribution >= 4 is 35.2 Å². The molecule has 0 aliphatic carbocycles. The van der Waals surface area contributed by atoms with Gasteiger partial charge in [0.15, 0.2) is 5.11 Å². The normalized spacial score (nSPS) is 15.9. The smallest absolute Gasteiger partial charge is 0.283 e. The molecule has 1 N–H and O–H groups in total. The SMILES string of the molecule is Cc1ccccc1C(=O)N1C(=O)/C(=C/c2ccccc2)NC1=S. The fourth-order valence-electron chi connectivity index (χ4n) is 2.37. The third-order valence-electron chi connectivity index (χ3n) is 3.57. The Morgan fingerprint density at radius 3 is 2.43 bits per heavy atom. The number of carbonyl (C=O) groups is 2. The summed E-state index contributed by atoms with van der Waals surface area (Å²) in [6.07, 6.45) is 1.68. The molecule has 23 heavy (non-hydrogen) atoms. The number of benzene rings is 2. The number of thiocarbonyl (C=S) groups is 1. The molecule has 1 aliphatic rings. The van der Waals surface area contributed by atoms with Gasteiger partial charge in [0.1, 0.15) is 5.70 Å². The molecule has 0 radical (unpaired) electrons. The highest BCUT2D eigenvalue weighted by Gasteiger charge is 2.36. The number of carbonyl (C=O) groups excluding carboxylic acids is 2. The van der Waals surface area contributed by atoms with E-state index in [0.717, 1.165) is 16.0 Å². The molecule has 0 unspecified atom stereocenters. The highest BCUT2D eigenvalue weighted by Crippen LogP contribution is 2.18. The fraction of sp³-hybridized carbons (Fsp3) is 0.0556. The summed E-state index contributed by atoms with van der Waals surface area (Å²) in [5, 5.41) is 2.92. The maximum Gasteiger partial charge on any atom is 0.283 e. The molecule has 4 nitrogen and oxygen atoms in total. The molecule has 2 aromatic rings. The lowest BCUT2D eigenvalue weighted by Gasteiger charge is -2.13. The van der Waals surface area contributed by atoms with Crippen molar-refractivity contribution < 1.29 is 9.59 Å². The van der Waals surface area contributed by atoms with Crippen LogP contribution in [0, 0.1) is 6.92 Å². The lowest BCUT2D eigenvalue weighted by molar-refractivity contribution is -0.120. The second kappa shape index (κ2) is 6.14. The monoisotopic (exact) mass is 322 g/mol. The zero-order valence-corrected chi connectivity index (χ0v) is 13.3. The molecule has 1 saturated heterocycles. The van der Waals surface area contributed by atoms with Gasteiger partial charge < -0.3 is 5.32 Å². The van der Waals surface area contributed by atoms with Crippen LogP contribution >= 0.6 is 12.2 Å². The van der Waals surface area contributed by atoms with Crippen LogP contribution in [0.25, 0.3) is 6.08 Å². The minimum Gasteiger partial charge on any atom is -0.327 e. The Bertz CT molecular complexity index is 828. The van der Waals surface area contributed by atoms with Gasteiger partial charge in [-0.05, 0) is 42.4 Å². The van der Waals surface area contributed by atoms with Crippen molar-refractivity contribution in [3.05, 3.63) is 77.0 Å². The quantitative estimate of drug-likeness (QED) is 0.525. The first-order valence-electron chi connectivity index (χ1n) is 7.10.